The summed E-state index contributed by atoms with van der Waals surface area (Å²) in [6.45, 7) is 9.54. The minimum Gasteiger partial charge on any atom is -0.478 e. The quantitative estimate of drug-likeness (QED) is 0.635. The SMILES string of the molecule is C1CN=C2NCCCN2C1.C=CC(=O)O.CCOC(N)=O. The van der Waals surface area contributed by atoms with Crippen molar-refractivity contribution in [3.8, 4) is 0 Å². The van der Waals surface area contributed by atoms with Gasteiger partial charge in [-0.05, 0) is 19.8 Å². The van der Waals surface area contributed by atoms with Crippen LogP contribution < -0.4 is 11.1 Å². The third kappa shape index (κ3) is 10.2. The number of primary amides is 1. The molecule has 120 valence electrons. The van der Waals surface area contributed by atoms with Crippen LogP contribution in [0.1, 0.15) is 19.8 Å². The zero-order valence-electron chi connectivity index (χ0n) is 12.4. The van der Waals surface area contributed by atoms with Gasteiger partial charge in [-0.1, -0.05) is 6.58 Å². The maximum atomic E-state index is 9.60. The average molecular weight is 300 g/mol. The molecule has 0 unspecified atom stereocenters. The van der Waals surface area contributed by atoms with Crippen LogP contribution in [0.2, 0.25) is 0 Å². The monoisotopic (exact) mass is 300 g/mol. The van der Waals surface area contributed by atoms with Crippen molar-refractivity contribution in [1.82, 2.24) is 10.2 Å². The van der Waals surface area contributed by atoms with E-state index in [2.05, 4.69) is 32.3 Å². The fraction of sp³-hybridized carbons (Fsp3) is 0.615. The first-order valence-corrected chi connectivity index (χ1v) is 6.82. The lowest BCUT2D eigenvalue weighted by Gasteiger charge is -2.33. The Morgan fingerprint density at radius 3 is 2.57 bits per heavy atom. The van der Waals surface area contributed by atoms with E-state index in [4.69, 9.17) is 5.11 Å². The number of ether oxygens (including phenoxy) is 1. The fourth-order valence-electron chi connectivity index (χ4n) is 1.65. The summed E-state index contributed by atoms with van der Waals surface area (Å²) in [6.07, 6.45) is 2.61. The van der Waals surface area contributed by atoms with E-state index in [1.165, 1.54) is 25.9 Å². The van der Waals surface area contributed by atoms with Crippen molar-refractivity contribution in [1.29, 1.82) is 0 Å². The van der Waals surface area contributed by atoms with Crippen LogP contribution in [0.3, 0.4) is 0 Å². The van der Waals surface area contributed by atoms with Gasteiger partial charge in [0.1, 0.15) is 0 Å². The van der Waals surface area contributed by atoms with Gasteiger partial charge in [-0.25, -0.2) is 9.59 Å². The molecule has 2 heterocycles. The molecule has 0 saturated carbocycles. The predicted octanol–water partition coefficient (Wildman–Crippen LogP) is 0.400. The summed E-state index contributed by atoms with van der Waals surface area (Å²) < 4.78 is 4.18. The molecule has 0 aromatic carbocycles. The number of hydrogen-bond donors (Lipinski definition) is 3. The highest BCUT2D eigenvalue weighted by Gasteiger charge is 2.17. The van der Waals surface area contributed by atoms with Crippen LogP contribution in [0.4, 0.5) is 4.79 Å². The number of carbonyl (C=O) groups is 2. The summed E-state index contributed by atoms with van der Waals surface area (Å²) in [5.74, 6) is 0.155. The first-order valence-electron chi connectivity index (χ1n) is 6.82. The number of nitrogens with one attached hydrogen (secondary N) is 1. The fourth-order valence-corrected chi connectivity index (χ4v) is 1.65. The summed E-state index contributed by atoms with van der Waals surface area (Å²) >= 11 is 0. The lowest BCUT2D eigenvalue weighted by atomic mass is 10.2. The Kier molecular flexibility index (Phi) is 10.3. The van der Waals surface area contributed by atoms with Crippen molar-refractivity contribution in [3.63, 3.8) is 0 Å². The molecule has 0 aliphatic carbocycles. The number of hydrogen-bond acceptors (Lipinski definition) is 6. The molecule has 2 rings (SSSR count). The van der Waals surface area contributed by atoms with Gasteiger partial charge >= 0.3 is 12.1 Å². The summed E-state index contributed by atoms with van der Waals surface area (Å²) in [4.78, 5) is 25.6. The lowest BCUT2D eigenvalue weighted by molar-refractivity contribution is -0.131. The van der Waals surface area contributed by atoms with Crippen LogP contribution in [-0.2, 0) is 9.53 Å². The standard InChI is InChI=1S/C7H13N3.C3H7NO2.C3H4O2/c1-3-8-7-9-4-2-6-10(7)5-1;1-2-6-3(4)5;1-2-3(4)5/h1-6H2,(H,8,9);2H2,1H3,(H2,4,5);2H,1H2,(H,4,5). The molecule has 0 spiro atoms. The predicted molar refractivity (Wildman–Crippen MR) is 80.2 cm³/mol. The molecule has 0 aromatic rings. The molecule has 2 aliphatic heterocycles. The normalized spacial score (nSPS) is 15.5. The number of rotatable bonds is 2. The Balaban J connectivity index is 0.000000317. The largest absolute Gasteiger partial charge is 0.478 e. The molecular weight excluding hydrogens is 276 g/mol. The van der Waals surface area contributed by atoms with Crippen molar-refractivity contribution in [2.45, 2.75) is 19.8 Å². The van der Waals surface area contributed by atoms with Crippen LogP contribution in [0, 0.1) is 0 Å². The smallest absolute Gasteiger partial charge is 0.404 e. The Morgan fingerprint density at radius 1 is 1.52 bits per heavy atom. The number of amides is 1. The van der Waals surface area contributed by atoms with Crippen LogP contribution in [0.5, 0.6) is 0 Å². The van der Waals surface area contributed by atoms with Crippen LogP contribution >= 0.6 is 0 Å². The number of aliphatic imine (C=N–C) groups is 1. The minimum atomic E-state index is -0.981. The topological polar surface area (TPSA) is 117 Å². The van der Waals surface area contributed by atoms with Gasteiger partial charge in [0.15, 0.2) is 5.96 Å². The van der Waals surface area contributed by atoms with Gasteiger partial charge in [0.05, 0.1) is 6.61 Å². The van der Waals surface area contributed by atoms with E-state index in [0.29, 0.717) is 6.61 Å². The van der Waals surface area contributed by atoms with Crippen molar-refractivity contribution in [3.05, 3.63) is 12.7 Å². The highest BCUT2D eigenvalue weighted by atomic mass is 16.5. The molecule has 8 heteroatoms. The Morgan fingerprint density at radius 2 is 2.14 bits per heavy atom. The maximum absolute atomic E-state index is 9.60. The molecule has 0 bridgehead atoms. The highest BCUT2D eigenvalue weighted by Crippen LogP contribution is 2.05. The van der Waals surface area contributed by atoms with E-state index in [0.717, 1.165) is 25.1 Å². The van der Waals surface area contributed by atoms with E-state index in [1.54, 1.807) is 6.92 Å². The summed E-state index contributed by atoms with van der Waals surface area (Å²) in [6, 6.07) is 0. The molecule has 0 radical (unpaired) electrons. The number of carbonyl (C=O) groups excluding carboxylic acids is 1. The number of aliphatic carboxylic acids is 1. The van der Waals surface area contributed by atoms with Gasteiger partial charge in [0, 0.05) is 32.3 Å². The molecular formula is C13H24N4O4. The van der Waals surface area contributed by atoms with E-state index < -0.39 is 12.1 Å². The molecule has 2 aliphatic rings. The van der Waals surface area contributed by atoms with Gasteiger partial charge in [0.2, 0.25) is 0 Å². The molecule has 4 N–H and O–H groups in total. The molecule has 21 heavy (non-hydrogen) atoms. The van der Waals surface area contributed by atoms with E-state index >= 15 is 0 Å². The molecule has 8 nitrogen and oxygen atoms in total. The van der Waals surface area contributed by atoms with E-state index in [-0.39, 0.29) is 0 Å². The van der Waals surface area contributed by atoms with Crippen molar-refractivity contribution in [2.24, 2.45) is 10.7 Å². The molecule has 0 atom stereocenters. The van der Waals surface area contributed by atoms with Gasteiger partial charge in [-0.2, -0.15) is 0 Å². The molecule has 1 amide bonds. The Labute approximate surface area is 124 Å². The van der Waals surface area contributed by atoms with Crippen molar-refractivity contribution >= 4 is 18.0 Å². The van der Waals surface area contributed by atoms with Crippen molar-refractivity contribution in [2.75, 3.05) is 32.8 Å². The average Bonchev–Trinajstić information content (AvgIpc) is 2.48. The number of carboxylic acid groups (broad SMARTS) is 1. The summed E-state index contributed by atoms with van der Waals surface area (Å²) in [5, 5.41) is 10.9. The second kappa shape index (κ2) is 11.6. The third-order valence-electron chi connectivity index (χ3n) is 2.50. The number of nitrogens with zero attached hydrogens (tertiary/aromatic N) is 2. The van der Waals surface area contributed by atoms with Gasteiger partial charge < -0.3 is 25.8 Å². The summed E-state index contributed by atoms with van der Waals surface area (Å²) in [7, 11) is 0. The minimum absolute atomic E-state index is 0.356. The number of carboxylic acids is 1. The number of guanidine groups is 1. The van der Waals surface area contributed by atoms with Crippen LogP contribution in [0.25, 0.3) is 0 Å². The van der Waals surface area contributed by atoms with E-state index in [9.17, 15) is 9.59 Å². The first kappa shape index (κ1) is 18.8. The van der Waals surface area contributed by atoms with Gasteiger partial charge in [0.25, 0.3) is 0 Å². The first-order chi connectivity index (χ1) is 10.0. The number of nitrogens with two attached hydrogens (primary N) is 1. The molecule has 1 saturated heterocycles. The zero-order chi connectivity index (χ0) is 16.1. The van der Waals surface area contributed by atoms with Crippen LogP contribution in [0.15, 0.2) is 17.6 Å². The second-order valence-electron chi connectivity index (χ2n) is 4.12. The number of fused-ring (bicyclic) bond motifs is 1. The van der Waals surface area contributed by atoms with Gasteiger partial charge in [-0.15, -0.1) is 0 Å². The third-order valence-corrected chi connectivity index (χ3v) is 2.50. The maximum Gasteiger partial charge on any atom is 0.404 e. The van der Waals surface area contributed by atoms with Crippen molar-refractivity contribution < 1.29 is 19.4 Å². The Hall–Kier alpha value is -2.25. The van der Waals surface area contributed by atoms with Crippen LogP contribution in [-0.4, -0.2) is 60.8 Å². The zero-order valence-corrected chi connectivity index (χ0v) is 12.4. The van der Waals surface area contributed by atoms with Gasteiger partial charge in [-0.3, -0.25) is 4.99 Å². The summed E-state index contributed by atoms with van der Waals surface area (Å²) in [5.41, 5.74) is 4.54. The second-order valence-corrected chi connectivity index (χ2v) is 4.12. The molecule has 0 aromatic heterocycles. The lowest BCUT2D eigenvalue weighted by Crippen LogP contribution is -2.49. The van der Waals surface area contributed by atoms with E-state index in [1.807, 2.05) is 0 Å². The highest BCUT2D eigenvalue weighted by molar-refractivity contribution is 5.81. The molecule has 1 fully saturated rings. The Bertz CT molecular complexity index is 371.